The molecule has 26 heavy (non-hydrogen) atoms. The van der Waals surface area contributed by atoms with Crippen LogP contribution in [0.1, 0.15) is 23.1 Å². The number of fused-ring (bicyclic) bond motifs is 1. The number of alkyl halides is 6. The van der Waals surface area contributed by atoms with Gasteiger partial charge in [-0.25, -0.2) is 13.2 Å². The van der Waals surface area contributed by atoms with Crippen LogP contribution in [0.3, 0.4) is 0 Å². The highest BCUT2D eigenvalue weighted by molar-refractivity contribution is 5.55. The summed E-state index contributed by atoms with van der Waals surface area (Å²) in [4.78, 5) is 3.38. The van der Waals surface area contributed by atoms with Gasteiger partial charge in [0.05, 0.1) is 18.0 Å². The SMILES string of the molecule is OC1(O)c2c(ccc(Oc3cncc(F)c3)c2C(F)F)C(F)(F)C1(F)F. The summed E-state index contributed by atoms with van der Waals surface area (Å²) in [6, 6.07) is 1.55. The second-order valence-electron chi connectivity index (χ2n) is 5.46. The van der Waals surface area contributed by atoms with Crippen LogP contribution >= 0.6 is 0 Å². The molecule has 1 aliphatic carbocycles. The van der Waals surface area contributed by atoms with Gasteiger partial charge in [0.2, 0.25) is 0 Å². The number of nitrogens with zero attached hydrogens (tertiary/aromatic N) is 1. The van der Waals surface area contributed by atoms with Crippen molar-refractivity contribution < 1.29 is 45.7 Å². The van der Waals surface area contributed by atoms with Crippen molar-refractivity contribution in [2.24, 2.45) is 0 Å². The van der Waals surface area contributed by atoms with Crippen molar-refractivity contribution in [3.63, 3.8) is 0 Å². The van der Waals surface area contributed by atoms with E-state index in [2.05, 4.69) is 4.98 Å². The fourth-order valence-corrected chi connectivity index (χ4v) is 2.66. The van der Waals surface area contributed by atoms with Gasteiger partial charge < -0.3 is 14.9 Å². The quantitative estimate of drug-likeness (QED) is 0.625. The highest BCUT2D eigenvalue weighted by Crippen LogP contribution is 2.62. The van der Waals surface area contributed by atoms with Crippen LogP contribution in [0.25, 0.3) is 0 Å². The van der Waals surface area contributed by atoms with Gasteiger partial charge in [0, 0.05) is 17.2 Å². The number of pyridine rings is 1. The lowest BCUT2D eigenvalue weighted by molar-refractivity contribution is -0.358. The molecule has 0 fully saturated rings. The van der Waals surface area contributed by atoms with E-state index in [4.69, 9.17) is 4.74 Å². The van der Waals surface area contributed by atoms with E-state index in [9.17, 15) is 40.9 Å². The Balaban J connectivity index is 2.23. The molecule has 0 amide bonds. The summed E-state index contributed by atoms with van der Waals surface area (Å²) < 4.78 is 100. The molecule has 140 valence electrons. The molecule has 0 saturated heterocycles. The maximum absolute atomic E-state index is 13.9. The zero-order chi connectivity index (χ0) is 19.5. The number of halogens is 7. The first-order chi connectivity index (χ1) is 11.9. The first-order valence-electron chi connectivity index (χ1n) is 6.86. The van der Waals surface area contributed by atoms with Crippen LogP contribution in [0.2, 0.25) is 0 Å². The van der Waals surface area contributed by atoms with Gasteiger partial charge in [-0.1, -0.05) is 0 Å². The second-order valence-corrected chi connectivity index (χ2v) is 5.46. The molecule has 0 spiro atoms. The standard InChI is InChI=1S/C15H8F7NO3/c16-6-3-7(5-23-4-6)26-9-2-1-8-11(10(9)12(17)18)14(24,25)15(21,22)13(8,19)20/h1-5,12,24-25H. The molecule has 1 aromatic heterocycles. The van der Waals surface area contributed by atoms with E-state index in [1.54, 1.807) is 0 Å². The summed E-state index contributed by atoms with van der Waals surface area (Å²) in [7, 11) is 0. The van der Waals surface area contributed by atoms with Crippen molar-refractivity contribution in [3.8, 4) is 11.5 Å². The molecule has 1 aliphatic rings. The minimum absolute atomic E-state index is 0.311. The molecule has 3 rings (SSSR count). The summed E-state index contributed by atoms with van der Waals surface area (Å²) in [5.41, 5.74) is -5.01. The first-order valence-corrected chi connectivity index (χ1v) is 6.86. The Kier molecular flexibility index (Phi) is 3.92. The Bertz CT molecular complexity index is 870. The molecule has 0 saturated carbocycles. The molecule has 0 radical (unpaired) electrons. The first kappa shape index (κ1) is 18.4. The summed E-state index contributed by atoms with van der Waals surface area (Å²) in [5.74, 6) is -17.5. The number of aliphatic hydroxyl groups is 2. The summed E-state index contributed by atoms with van der Waals surface area (Å²) in [6.07, 6.45) is -2.04. The van der Waals surface area contributed by atoms with E-state index in [1.165, 1.54) is 0 Å². The van der Waals surface area contributed by atoms with Gasteiger partial charge in [-0.2, -0.15) is 17.6 Å². The lowest BCUT2D eigenvalue weighted by Gasteiger charge is -2.28. The molecule has 1 aromatic carbocycles. The van der Waals surface area contributed by atoms with Gasteiger partial charge in [-0.15, -0.1) is 0 Å². The number of hydrogen-bond donors (Lipinski definition) is 2. The molecule has 11 heteroatoms. The normalized spacial score (nSPS) is 19.5. The third kappa shape index (κ3) is 2.34. The maximum Gasteiger partial charge on any atom is 0.371 e. The van der Waals surface area contributed by atoms with Crippen LogP contribution in [0, 0.1) is 5.82 Å². The van der Waals surface area contributed by atoms with Gasteiger partial charge in [0.15, 0.2) is 0 Å². The van der Waals surface area contributed by atoms with Crippen LogP contribution in [0.5, 0.6) is 11.5 Å². The molecule has 4 nitrogen and oxygen atoms in total. The van der Waals surface area contributed by atoms with Crippen molar-refractivity contribution in [3.05, 3.63) is 53.1 Å². The maximum atomic E-state index is 13.9. The fourth-order valence-electron chi connectivity index (χ4n) is 2.66. The van der Waals surface area contributed by atoms with Gasteiger partial charge >= 0.3 is 11.8 Å². The van der Waals surface area contributed by atoms with Crippen LogP contribution in [0.15, 0.2) is 30.6 Å². The van der Waals surface area contributed by atoms with E-state index in [1.807, 2.05) is 0 Å². The summed E-state index contributed by atoms with van der Waals surface area (Å²) in [5, 5.41) is 19.1. The lowest BCUT2D eigenvalue weighted by Crippen LogP contribution is -2.49. The molecule has 2 aromatic rings. The Morgan fingerprint density at radius 3 is 2.27 bits per heavy atom. The van der Waals surface area contributed by atoms with Crippen molar-refractivity contribution in [2.75, 3.05) is 0 Å². The average Bonchev–Trinajstić information content (AvgIpc) is 2.63. The lowest BCUT2D eigenvalue weighted by atomic mass is 9.98. The van der Waals surface area contributed by atoms with Gasteiger partial charge in [0.1, 0.15) is 17.3 Å². The van der Waals surface area contributed by atoms with Gasteiger partial charge in [-0.05, 0) is 12.1 Å². The zero-order valence-electron chi connectivity index (χ0n) is 12.4. The van der Waals surface area contributed by atoms with Crippen molar-refractivity contribution in [2.45, 2.75) is 24.1 Å². The summed E-state index contributed by atoms with van der Waals surface area (Å²) in [6.45, 7) is 0. The predicted molar refractivity (Wildman–Crippen MR) is 70.6 cm³/mol. The Hall–Kier alpha value is -2.40. The van der Waals surface area contributed by atoms with Crippen LogP contribution in [0.4, 0.5) is 30.7 Å². The number of aromatic nitrogens is 1. The van der Waals surface area contributed by atoms with E-state index >= 15 is 0 Å². The second kappa shape index (κ2) is 5.55. The number of ether oxygens (including phenoxy) is 1. The van der Waals surface area contributed by atoms with Crippen molar-refractivity contribution in [1.82, 2.24) is 4.98 Å². The highest BCUT2D eigenvalue weighted by Gasteiger charge is 2.77. The Morgan fingerprint density at radius 1 is 1.04 bits per heavy atom. The van der Waals surface area contributed by atoms with Gasteiger partial charge in [-0.3, -0.25) is 4.98 Å². The molecule has 0 aliphatic heterocycles. The topological polar surface area (TPSA) is 62.6 Å². The molecular formula is C15H8F7NO3. The number of benzene rings is 1. The molecule has 0 unspecified atom stereocenters. The van der Waals surface area contributed by atoms with E-state index in [0.717, 1.165) is 12.4 Å². The van der Waals surface area contributed by atoms with Crippen molar-refractivity contribution in [1.29, 1.82) is 0 Å². The fraction of sp³-hybridized carbons (Fsp3) is 0.267. The van der Waals surface area contributed by atoms with E-state index < -0.39 is 58.1 Å². The third-order valence-corrected chi connectivity index (χ3v) is 3.85. The van der Waals surface area contributed by atoms with Crippen LogP contribution in [-0.4, -0.2) is 21.1 Å². The van der Waals surface area contributed by atoms with Crippen molar-refractivity contribution >= 4 is 0 Å². The monoisotopic (exact) mass is 383 g/mol. The average molecular weight is 383 g/mol. The largest absolute Gasteiger partial charge is 0.455 e. The van der Waals surface area contributed by atoms with Crippen LogP contribution in [-0.2, 0) is 11.7 Å². The third-order valence-electron chi connectivity index (χ3n) is 3.85. The molecule has 0 bridgehead atoms. The predicted octanol–water partition coefficient (Wildman–Crippen LogP) is 3.83. The Morgan fingerprint density at radius 2 is 1.69 bits per heavy atom. The molecule has 0 atom stereocenters. The van der Waals surface area contributed by atoms with Gasteiger partial charge in [0.25, 0.3) is 12.2 Å². The van der Waals surface area contributed by atoms with E-state index in [-0.39, 0.29) is 0 Å². The molecule has 2 N–H and O–H groups in total. The Labute approximate surface area is 140 Å². The number of rotatable bonds is 3. The van der Waals surface area contributed by atoms with E-state index in [0.29, 0.717) is 18.2 Å². The summed E-state index contributed by atoms with van der Waals surface area (Å²) >= 11 is 0. The zero-order valence-corrected chi connectivity index (χ0v) is 12.4. The minimum Gasteiger partial charge on any atom is -0.455 e. The molecular weight excluding hydrogens is 375 g/mol. The molecule has 1 heterocycles. The van der Waals surface area contributed by atoms with Crippen LogP contribution < -0.4 is 4.74 Å². The highest BCUT2D eigenvalue weighted by atomic mass is 19.3. The minimum atomic E-state index is -5.47. The smallest absolute Gasteiger partial charge is 0.371 e. The number of hydrogen-bond acceptors (Lipinski definition) is 4.